The Kier molecular flexibility index (Phi) is 7.98. The van der Waals surface area contributed by atoms with E-state index in [2.05, 4.69) is 5.73 Å². The molecule has 13 heavy (non-hydrogen) atoms. The molecule has 0 bridgehead atoms. The summed E-state index contributed by atoms with van der Waals surface area (Å²) in [4.78, 5) is 30.4. The summed E-state index contributed by atoms with van der Waals surface area (Å²) >= 11 is 0. The number of urea groups is 1. The fraction of sp³-hybridized carbons (Fsp3) is 0.400. The van der Waals surface area contributed by atoms with Crippen molar-refractivity contribution in [2.24, 2.45) is 5.73 Å². The number of rotatable bonds is 4. The van der Waals surface area contributed by atoms with Gasteiger partial charge in [0.05, 0.1) is 6.42 Å². The molecular weight excluding hydrogens is 208 g/mol. The van der Waals surface area contributed by atoms with Gasteiger partial charge in [-0.05, 0) is 0 Å². The third kappa shape index (κ3) is 7.82. The number of aliphatic carboxylic acids is 2. The van der Waals surface area contributed by atoms with Crippen LogP contribution >= 0.6 is 0 Å². The second-order valence-electron chi connectivity index (χ2n) is 2.00. The van der Waals surface area contributed by atoms with Crippen LogP contribution in [0.25, 0.3) is 0 Å². The van der Waals surface area contributed by atoms with Gasteiger partial charge in [0.25, 0.3) is 0 Å². The van der Waals surface area contributed by atoms with E-state index in [0.29, 0.717) is 0 Å². The summed E-state index contributed by atoms with van der Waals surface area (Å²) in [6, 6.07) is -2.54. The van der Waals surface area contributed by atoms with E-state index in [9.17, 15) is 14.4 Å². The van der Waals surface area contributed by atoms with Crippen LogP contribution in [0.2, 0.25) is 0 Å². The summed E-state index contributed by atoms with van der Waals surface area (Å²) in [7, 11) is 0. The number of carboxylic acid groups (broad SMARTS) is 2. The van der Waals surface area contributed by atoms with Crippen LogP contribution in [0.15, 0.2) is 0 Å². The topological polar surface area (TPSA) is 130 Å². The maximum atomic E-state index is 10.2. The van der Waals surface area contributed by atoms with Crippen molar-refractivity contribution in [2.45, 2.75) is 12.5 Å². The molecule has 0 aliphatic heterocycles. The van der Waals surface area contributed by atoms with Crippen molar-refractivity contribution < 1.29 is 24.6 Å². The van der Waals surface area contributed by atoms with Crippen molar-refractivity contribution in [1.29, 1.82) is 0 Å². The molecule has 0 aliphatic rings. The average Bonchev–Trinajstić information content (AvgIpc) is 1.83. The van der Waals surface area contributed by atoms with Crippen molar-refractivity contribution >= 4 is 55.7 Å². The van der Waals surface area contributed by atoms with E-state index >= 15 is 0 Å². The van der Waals surface area contributed by atoms with Gasteiger partial charge < -0.3 is 21.3 Å². The third-order valence-corrected chi connectivity index (χ3v) is 0.993. The van der Waals surface area contributed by atoms with Gasteiger partial charge in [0.2, 0.25) is 0 Å². The fourth-order valence-corrected chi connectivity index (χ4v) is 0.546. The summed E-state index contributed by atoms with van der Waals surface area (Å²) in [6.07, 6.45) is -0.696. The molecule has 0 rings (SSSR count). The van der Waals surface area contributed by atoms with Gasteiger partial charge in [-0.1, -0.05) is 0 Å². The number of primary amides is 1. The normalized spacial score (nSPS) is 10.8. The van der Waals surface area contributed by atoms with Crippen LogP contribution < -0.4 is 11.1 Å². The van der Waals surface area contributed by atoms with Gasteiger partial charge in [-0.15, -0.1) is 0 Å². The van der Waals surface area contributed by atoms with E-state index in [1.54, 1.807) is 5.32 Å². The Hall–Kier alpha value is -0.530. The minimum atomic E-state index is -1.47. The molecule has 0 heterocycles. The molecule has 72 valence electrons. The van der Waals surface area contributed by atoms with Gasteiger partial charge in [-0.25, -0.2) is 9.59 Å². The van der Waals surface area contributed by atoms with Crippen LogP contribution in [0.4, 0.5) is 4.79 Å². The molecule has 0 spiro atoms. The number of nitrogens with two attached hydrogens (primary N) is 1. The zero-order valence-corrected chi connectivity index (χ0v) is 5.98. The maximum absolute atomic E-state index is 10.2. The van der Waals surface area contributed by atoms with Crippen molar-refractivity contribution in [3.8, 4) is 0 Å². The molecule has 0 unspecified atom stereocenters. The number of hydrogen-bond donors (Lipinski definition) is 4. The second kappa shape index (κ2) is 6.93. The molecular formula is C5H10CaN2O5. The first kappa shape index (κ1) is 15.0. The number of carbonyl (C=O) groups excluding carboxylic acids is 1. The third-order valence-electron chi connectivity index (χ3n) is 0.993. The number of carboxylic acids is 2. The zero-order valence-electron chi connectivity index (χ0n) is 5.98. The average molecular weight is 218 g/mol. The molecule has 0 aromatic carbocycles. The number of carbonyl (C=O) groups is 3. The molecule has 0 saturated heterocycles. The number of amides is 2. The molecule has 1 atom stereocenters. The number of hydrogen-bond acceptors (Lipinski definition) is 3. The van der Waals surface area contributed by atoms with Gasteiger partial charge in [0.15, 0.2) is 0 Å². The van der Waals surface area contributed by atoms with E-state index in [1.807, 2.05) is 0 Å². The summed E-state index contributed by atoms with van der Waals surface area (Å²) in [5.41, 5.74) is 4.60. The Morgan fingerprint density at radius 2 is 1.77 bits per heavy atom. The van der Waals surface area contributed by atoms with Gasteiger partial charge in [-0.3, -0.25) is 4.79 Å². The molecule has 0 fully saturated rings. The molecule has 2 amide bonds. The van der Waals surface area contributed by atoms with Crippen LogP contribution in [0, 0.1) is 0 Å². The standard InChI is InChI=1S/C5H8N2O5.Ca.2H/c6-5(12)7-2(4(10)11)1-3(8)9;;;/h2H,1H2,(H,8,9)(H,10,11)(H3,6,7,12);;;/t2-;;;/m0.../s1. The Bertz CT molecular complexity index is 203. The van der Waals surface area contributed by atoms with Crippen LogP contribution in [0.3, 0.4) is 0 Å². The first-order valence-electron chi connectivity index (χ1n) is 2.94. The van der Waals surface area contributed by atoms with Gasteiger partial charge in [0.1, 0.15) is 6.04 Å². The van der Waals surface area contributed by atoms with E-state index in [-0.39, 0.29) is 37.7 Å². The Labute approximate surface area is 103 Å². The van der Waals surface area contributed by atoms with E-state index in [0.717, 1.165) is 0 Å². The van der Waals surface area contributed by atoms with Crippen LogP contribution in [-0.4, -0.2) is 72.0 Å². The van der Waals surface area contributed by atoms with Crippen LogP contribution in [0.1, 0.15) is 6.42 Å². The van der Waals surface area contributed by atoms with E-state index < -0.39 is 30.4 Å². The van der Waals surface area contributed by atoms with Crippen LogP contribution in [0.5, 0.6) is 0 Å². The van der Waals surface area contributed by atoms with Crippen molar-refractivity contribution in [2.75, 3.05) is 0 Å². The van der Waals surface area contributed by atoms with Gasteiger partial charge in [-0.2, -0.15) is 0 Å². The molecule has 0 aromatic rings. The molecule has 7 nitrogen and oxygen atoms in total. The molecule has 0 aromatic heterocycles. The molecule has 0 saturated carbocycles. The first-order valence-corrected chi connectivity index (χ1v) is 2.94. The SMILES string of the molecule is NC(=O)N[C@@H](CC(=O)O)C(=O)O.[CaH2]. The minimum absolute atomic E-state index is 0. The first-order chi connectivity index (χ1) is 5.43. The van der Waals surface area contributed by atoms with Crippen molar-refractivity contribution in [1.82, 2.24) is 5.32 Å². The van der Waals surface area contributed by atoms with E-state index in [1.165, 1.54) is 0 Å². The predicted molar refractivity (Wildman–Crippen MR) is 44.9 cm³/mol. The summed E-state index contributed by atoms with van der Waals surface area (Å²) in [5.74, 6) is -2.76. The van der Waals surface area contributed by atoms with Crippen molar-refractivity contribution in [3.05, 3.63) is 0 Å². The Morgan fingerprint density at radius 1 is 1.31 bits per heavy atom. The fourth-order valence-electron chi connectivity index (χ4n) is 0.546. The van der Waals surface area contributed by atoms with Crippen molar-refractivity contribution in [3.63, 3.8) is 0 Å². The zero-order chi connectivity index (χ0) is 9.72. The molecule has 0 aliphatic carbocycles. The summed E-state index contributed by atoms with van der Waals surface area (Å²) in [5, 5.41) is 18.3. The molecule has 5 N–H and O–H groups in total. The molecule has 0 radical (unpaired) electrons. The summed E-state index contributed by atoms with van der Waals surface area (Å²) < 4.78 is 0. The Morgan fingerprint density at radius 3 is 2.00 bits per heavy atom. The van der Waals surface area contributed by atoms with Crippen LogP contribution in [-0.2, 0) is 9.59 Å². The Balaban J connectivity index is 0. The second-order valence-corrected chi connectivity index (χ2v) is 2.00. The molecule has 8 heteroatoms. The monoisotopic (exact) mass is 218 g/mol. The van der Waals surface area contributed by atoms with Gasteiger partial charge in [0, 0.05) is 0 Å². The predicted octanol–water partition coefficient (Wildman–Crippen LogP) is -2.33. The number of nitrogens with one attached hydrogen (secondary N) is 1. The summed E-state index contributed by atoms with van der Waals surface area (Å²) in [6.45, 7) is 0. The van der Waals surface area contributed by atoms with Gasteiger partial charge >= 0.3 is 55.7 Å². The quantitative estimate of drug-likeness (QED) is 0.393. The van der Waals surface area contributed by atoms with E-state index in [4.69, 9.17) is 10.2 Å².